The molecule has 2 nitrogen and oxygen atoms in total. The molecular formula is C14H10BrNOS. The molecular weight excluding hydrogens is 310 g/mol. The normalized spacial score (nSPS) is 11.0. The van der Waals surface area contributed by atoms with Gasteiger partial charge < -0.3 is 5.11 Å². The van der Waals surface area contributed by atoms with E-state index < -0.39 is 0 Å². The molecule has 1 aromatic heterocycles. The van der Waals surface area contributed by atoms with Crippen molar-refractivity contribution in [1.29, 1.82) is 0 Å². The van der Waals surface area contributed by atoms with Gasteiger partial charge in [-0.25, -0.2) is 4.98 Å². The third-order valence-electron chi connectivity index (χ3n) is 2.73. The second-order valence-electron chi connectivity index (χ2n) is 4.15. The van der Waals surface area contributed by atoms with Gasteiger partial charge >= 0.3 is 0 Å². The number of phenols is 1. The van der Waals surface area contributed by atoms with Crippen LogP contribution < -0.4 is 0 Å². The van der Waals surface area contributed by atoms with E-state index in [1.54, 1.807) is 17.4 Å². The predicted molar refractivity (Wildman–Crippen MR) is 79.2 cm³/mol. The van der Waals surface area contributed by atoms with Crippen LogP contribution in [0.2, 0.25) is 0 Å². The third-order valence-corrected chi connectivity index (χ3v) is 4.28. The van der Waals surface area contributed by atoms with Crippen molar-refractivity contribution in [2.45, 2.75) is 6.92 Å². The maximum atomic E-state index is 9.98. The van der Waals surface area contributed by atoms with Gasteiger partial charge in [-0.3, -0.25) is 0 Å². The summed E-state index contributed by atoms with van der Waals surface area (Å²) >= 11 is 5.03. The van der Waals surface area contributed by atoms with Crippen LogP contribution in [0.4, 0.5) is 0 Å². The van der Waals surface area contributed by atoms with Crippen molar-refractivity contribution in [1.82, 2.24) is 4.98 Å². The number of nitrogens with zero attached hydrogens (tertiary/aromatic N) is 1. The first-order valence-electron chi connectivity index (χ1n) is 5.49. The number of aromatic nitrogens is 1. The molecule has 3 aromatic rings. The van der Waals surface area contributed by atoms with Crippen LogP contribution in [-0.2, 0) is 0 Å². The summed E-state index contributed by atoms with van der Waals surface area (Å²) in [5.74, 6) is 0.285. The fourth-order valence-electron chi connectivity index (χ4n) is 1.84. The molecule has 0 bridgehead atoms. The van der Waals surface area contributed by atoms with E-state index in [-0.39, 0.29) is 5.75 Å². The highest BCUT2D eigenvalue weighted by Gasteiger charge is 2.10. The summed E-state index contributed by atoms with van der Waals surface area (Å²) in [6.45, 7) is 1.96. The van der Waals surface area contributed by atoms with E-state index in [0.717, 1.165) is 30.8 Å². The Morgan fingerprint density at radius 2 is 2.00 bits per heavy atom. The molecule has 0 aliphatic heterocycles. The summed E-state index contributed by atoms with van der Waals surface area (Å²) in [5.41, 5.74) is 2.79. The molecule has 0 radical (unpaired) electrons. The van der Waals surface area contributed by atoms with Crippen molar-refractivity contribution in [2.75, 3.05) is 0 Å². The first-order valence-corrected chi connectivity index (χ1v) is 7.10. The van der Waals surface area contributed by atoms with Gasteiger partial charge in [0.1, 0.15) is 10.8 Å². The number of rotatable bonds is 1. The molecule has 0 saturated heterocycles. The van der Waals surface area contributed by atoms with E-state index in [0.29, 0.717) is 0 Å². The molecule has 0 atom stereocenters. The Balaban J connectivity index is 2.19. The minimum atomic E-state index is 0.285. The van der Waals surface area contributed by atoms with Gasteiger partial charge in [0.05, 0.1) is 15.8 Å². The smallest absolute Gasteiger partial charge is 0.128 e. The van der Waals surface area contributed by atoms with Crippen LogP contribution in [-0.4, -0.2) is 10.1 Å². The molecule has 0 aliphatic rings. The number of aromatic hydroxyl groups is 1. The van der Waals surface area contributed by atoms with Crippen LogP contribution in [0.3, 0.4) is 0 Å². The Bertz CT molecular complexity index is 736. The molecule has 90 valence electrons. The number of aryl methyl sites for hydroxylation is 1. The quantitative estimate of drug-likeness (QED) is 0.702. The van der Waals surface area contributed by atoms with Crippen LogP contribution in [0.15, 0.2) is 40.9 Å². The number of hydrogen-bond donors (Lipinski definition) is 1. The van der Waals surface area contributed by atoms with Crippen molar-refractivity contribution in [3.8, 4) is 16.3 Å². The van der Waals surface area contributed by atoms with Gasteiger partial charge in [0.25, 0.3) is 0 Å². The molecule has 0 aliphatic carbocycles. The first-order chi connectivity index (χ1) is 8.63. The van der Waals surface area contributed by atoms with E-state index in [2.05, 4.69) is 20.9 Å². The number of fused-ring (bicyclic) bond motifs is 1. The fourth-order valence-corrected chi connectivity index (χ4v) is 3.39. The lowest BCUT2D eigenvalue weighted by Gasteiger charge is -2.01. The molecule has 18 heavy (non-hydrogen) atoms. The molecule has 0 fully saturated rings. The highest BCUT2D eigenvalue weighted by Crippen LogP contribution is 2.36. The van der Waals surface area contributed by atoms with Crippen LogP contribution in [0.1, 0.15) is 5.56 Å². The van der Waals surface area contributed by atoms with E-state index in [9.17, 15) is 5.11 Å². The number of benzene rings is 2. The number of thiazole rings is 1. The number of phenolic OH excluding ortho intramolecular Hbond substituents is 1. The zero-order valence-corrected chi connectivity index (χ0v) is 12.0. The molecule has 1 heterocycles. The van der Waals surface area contributed by atoms with E-state index in [4.69, 9.17) is 0 Å². The van der Waals surface area contributed by atoms with Gasteiger partial charge in [-0.05, 0) is 42.8 Å². The highest BCUT2D eigenvalue weighted by molar-refractivity contribution is 9.10. The van der Waals surface area contributed by atoms with E-state index in [1.807, 2.05) is 37.3 Å². The largest absolute Gasteiger partial charge is 0.507 e. The number of halogens is 1. The molecule has 0 unspecified atom stereocenters. The molecule has 4 heteroatoms. The summed E-state index contributed by atoms with van der Waals surface area (Å²) in [6.07, 6.45) is 0. The second kappa shape index (κ2) is 4.37. The van der Waals surface area contributed by atoms with Gasteiger partial charge in [0.15, 0.2) is 0 Å². The van der Waals surface area contributed by atoms with Gasteiger partial charge in [0.2, 0.25) is 0 Å². The van der Waals surface area contributed by atoms with Gasteiger partial charge in [-0.15, -0.1) is 11.3 Å². The monoisotopic (exact) mass is 319 g/mol. The predicted octanol–water partition coefficient (Wildman–Crippen LogP) is 4.74. The first kappa shape index (κ1) is 11.7. The summed E-state index contributed by atoms with van der Waals surface area (Å²) in [4.78, 5) is 4.55. The van der Waals surface area contributed by atoms with Crippen molar-refractivity contribution >= 4 is 37.5 Å². The Morgan fingerprint density at radius 3 is 2.78 bits per heavy atom. The summed E-state index contributed by atoms with van der Waals surface area (Å²) in [6, 6.07) is 11.7. The average Bonchev–Trinajstić information content (AvgIpc) is 2.71. The van der Waals surface area contributed by atoms with E-state index in [1.165, 1.54) is 0 Å². The Kier molecular flexibility index (Phi) is 2.84. The molecule has 3 rings (SSSR count). The van der Waals surface area contributed by atoms with Gasteiger partial charge in [-0.2, -0.15) is 0 Å². The zero-order chi connectivity index (χ0) is 12.7. The molecule has 0 saturated carbocycles. The Labute approximate surface area is 117 Å². The van der Waals surface area contributed by atoms with Crippen molar-refractivity contribution < 1.29 is 5.11 Å². The molecule has 0 amide bonds. The lowest BCUT2D eigenvalue weighted by atomic mass is 10.1. The van der Waals surface area contributed by atoms with Gasteiger partial charge in [-0.1, -0.05) is 22.0 Å². The van der Waals surface area contributed by atoms with Gasteiger partial charge in [0, 0.05) is 4.47 Å². The standard InChI is InChI=1S/C14H10BrNOS/c1-8-2-4-10(12(17)6-8)14-16-11-5-3-9(15)7-13(11)18-14/h2-7,17H,1H3. The molecule has 2 aromatic carbocycles. The van der Waals surface area contributed by atoms with Crippen LogP contribution in [0.5, 0.6) is 5.75 Å². The second-order valence-corrected chi connectivity index (χ2v) is 6.10. The topological polar surface area (TPSA) is 33.1 Å². The SMILES string of the molecule is Cc1ccc(-c2nc3ccc(Br)cc3s2)c(O)c1. The van der Waals surface area contributed by atoms with Crippen LogP contribution >= 0.6 is 27.3 Å². The minimum Gasteiger partial charge on any atom is -0.507 e. The number of hydrogen-bond acceptors (Lipinski definition) is 3. The lowest BCUT2D eigenvalue weighted by Crippen LogP contribution is -1.79. The maximum Gasteiger partial charge on any atom is 0.128 e. The highest BCUT2D eigenvalue weighted by atomic mass is 79.9. The Morgan fingerprint density at radius 1 is 1.17 bits per heavy atom. The minimum absolute atomic E-state index is 0.285. The molecule has 0 spiro atoms. The average molecular weight is 320 g/mol. The summed E-state index contributed by atoms with van der Waals surface area (Å²) in [7, 11) is 0. The zero-order valence-electron chi connectivity index (χ0n) is 9.64. The summed E-state index contributed by atoms with van der Waals surface area (Å²) in [5, 5.41) is 10.8. The van der Waals surface area contributed by atoms with Crippen molar-refractivity contribution in [3.63, 3.8) is 0 Å². The van der Waals surface area contributed by atoms with Crippen LogP contribution in [0.25, 0.3) is 20.8 Å². The third kappa shape index (κ3) is 2.02. The van der Waals surface area contributed by atoms with Crippen LogP contribution in [0, 0.1) is 6.92 Å². The maximum absolute atomic E-state index is 9.98. The molecule has 1 N–H and O–H groups in total. The summed E-state index contributed by atoms with van der Waals surface area (Å²) < 4.78 is 2.15. The lowest BCUT2D eigenvalue weighted by molar-refractivity contribution is 0.477. The van der Waals surface area contributed by atoms with E-state index >= 15 is 0 Å². The van der Waals surface area contributed by atoms with Crippen molar-refractivity contribution in [3.05, 3.63) is 46.4 Å². The Hall–Kier alpha value is -1.39. The van der Waals surface area contributed by atoms with Crippen molar-refractivity contribution in [2.24, 2.45) is 0 Å². The fraction of sp³-hybridized carbons (Fsp3) is 0.0714.